The number of aromatic nitrogens is 1. The summed E-state index contributed by atoms with van der Waals surface area (Å²) in [6, 6.07) is 12.3. The van der Waals surface area contributed by atoms with Crippen LogP contribution in [0.1, 0.15) is 68.3 Å². The quantitative estimate of drug-likeness (QED) is 0.261. The number of likely N-dealkylation sites (N-methyl/N-ethyl adjacent to an activating group) is 1. The molecule has 1 aliphatic carbocycles. The van der Waals surface area contributed by atoms with Gasteiger partial charge >= 0.3 is 6.18 Å². The molecule has 1 aliphatic heterocycles. The van der Waals surface area contributed by atoms with E-state index in [9.17, 15) is 22.8 Å². The largest absolute Gasteiger partial charge is 0.416 e. The lowest BCUT2D eigenvalue weighted by Gasteiger charge is -2.22. The van der Waals surface area contributed by atoms with E-state index in [-0.39, 0.29) is 35.7 Å². The maximum Gasteiger partial charge on any atom is 0.416 e. The summed E-state index contributed by atoms with van der Waals surface area (Å²) in [4.78, 5) is 33.7. The molecule has 0 N–H and O–H groups in total. The van der Waals surface area contributed by atoms with Crippen LogP contribution in [0.5, 0.6) is 0 Å². The molecule has 2 aliphatic rings. The van der Waals surface area contributed by atoms with Crippen LogP contribution in [0.3, 0.4) is 0 Å². The van der Waals surface area contributed by atoms with E-state index in [1.807, 2.05) is 56.4 Å². The van der Waals surface area contributed by atoms with Crippen molar-refractivity contribution in [3.05, 3.63) is 104 Å². The van der Waals surface area contributed by atoms with Crippen molar-refractivity contribution >= 4 is 17.6 Å². The van der Waals surface area contributed by atoms with Crippen molar-refractivity contribution < 1.29 is 22.8 Å². The third-order valence-corrected chi connectivity index (χ3v) is 8.77. The maximum absolute atomic E-state index is 14.1. The molecule has 226 valence electrons. The highest BCUT2D eigenvalue weighted by atomic mass is 19.4. The molecule has 5 rings (SSSR count). The number of benzene rings is 2. The van der Waals surface area contributed by atoms with Gasteiger partial charge in [0, 0.05) is 55.9 Å². The number of ketones is 2. The minimum absolute atomic E-state index is 0.0274. The van der Waals surface area contributed by atoms with Crippen molar-refractivity contribution in [3.63, 3.8) is 0 Å². The molecule has 1 atom stereocenters. The Morgan fingerprint density at radius 1 is 1.02 bits per heavy atom. The van der Waals surface area contributed by atoms with E-state index >= 15 is 0 Å². The number of aryl methyl sites for hydroxylation is 3. The first-order valence-corrected chi connectivity index (χ1v) is 14.8. The summed E-state index contributed by atoms with van der Waals surface area (Å²) in [6.07, 6.45) is 2.22. The lowest BCUT2D eigenvalue weighted by atomic mass is 9.94. The van der Waals surface area contributed by atoms with E-state index in [0.717, 1.165) is 77.5 Å². The number of carbonyl (C=O) groups excluding carboxylic acids is 2. The summed E-state index contributed by atoms with van der Waals surface area (Å²) in [6.45, 7) is 5.26. The number of halogens is 3. The van der Waals surface area contributed by atoms with Gasteiger partial charge in [0.15, 0.2) is 11.6 Å². The average molecular weight is 590 g/mol. The molecule has 0 spiro atoms. The first-order valence-electron chi connectivity index (χ1n) is 14.8. The fraction of sp³-hybridized carbons (Fsp3) is 0.400. The molecule has 8 heteroatoms. The van der Waals surface area contributed by atoms with Gasteiger partial charge in [-0.25, -0.2) is 0 Å². The summed E-state index contributed by atoms with van der Waals surface area (Å²) >= 11 is 0. The summed E-state index contributed by atoms with van der Waals surface area (Å²) in [5.41, 5.74) is 6.23. The molecule has 0 unspecified atom stereocenters. The van der Waals surface area contributed by atoms with Crippen LogP contribution in [0, 0.1) is 6.92 Å². The Balaban J connectivity index is 1.27. The van der Waals surface area contributed by atoms with Crippen LogP contribution in [0.15, 0.2) is 54.2 Å². The van der Waals surface area contributed by atoms with Gasteiger partial charge < -0.3 is 4.90 Å². The summed E-state index contributed by atoms with van der Waals surface area (Å²) in [5.74, 6) is -0.274. The van der Waals surface area contributed by atoms with E-state index in [2.05, 4.69) is 16.0 Å². The number of pyridine rings is 1. The van der Waals surface area contributed by atoms with Crippen molar-refractivity contribution in [1.82, 2.24) is 14.8 Å². The fourth-order valence-electron chi connectivity index (χ4n) is 6.05. The highest BCUT2D eigenvalue weighted by molar-refractivity contribution is 6.00. The smallest absolute Gasteiger partial charge is 0.305 e. The Hall–Kier alpha value is -3.62. The van der Waals surface area contributed by atoms with E-state index < -0.39 is 11.7 Å². The number of allylic oxidation sites excluding steroid dienone is 1. The summed E-state index contributed by atoms with van der Waals surface area (Å²) in [7, 11) is 3.98. The topological polar surface area (TPSA) is 53.5 Å². The third kappa shape index (κ3) is 7.31. The van der Waals surface area contributed by atoms with E-state index in [1.165, 1.54) is 12.1 Å². The second-order valence-electron chi connectivity index (χ2n) is 12.2. The average Bonchev–Trinajstić information content (AvgIpc) is 3.60. The van der Waals surface area contributed by atoms with Gasteiger partial charge in [0.05, 0.1) is 11.3 Å². The monoisotopic (exact) mass is 589 g/mol. The molecule has 1 saturated heterocycles. The van der Waals surface area contributed by atoms with Crippen LogP contribution in [0.2, 0.25) is 0 Å². The van der Waals surface area contributed by atoms with Crippen molar-refractivity contribution in [2.75, 3.05) is 27.2 Å². The minimum atomic E-state index is -4.54. The Bertz CT molecular complexity index is 1570. The number of Topliss-reactive ketones (excluding diaryl/α,β-unsaturated/α-hetero) is 2. The molecular weight excluding hydrogens is 551 g/mol. The predicted octanol–water partition coefficient (Wildman–Crippen LogP) is 6.28. The third-order valence-electron chi connectivity index (χ3n) is 8.77. The lowest BCUT2D eigenvalue weighted by molar-refractivity contribution is -0.138. The molecule has 43 heavy (non-hydrogen) atoms. The van der Waals surface area contributed by atoms with Gasteiger partial charge in [0.2, 0.25) is 0 Å². The van der Waals surface area contributed by atoms with Gasteiger partial charge in [0.1, 0.15) is 0 Å². The molecule has 0 saturated carbocycles. The maximum atomic E-state index is 14.1. The fourth-order valence-corrected chi connectivity index (χ4v) is 6.05. The second kappa shape index (κ2) is 12.5. The summed E-state index contributed by atoms with van der Waals surface area (Å²) < 4.78 is 42.3. The molecule has 1 aromatic heterocycles. The zero-order valence-corrected chi connectivity index (χ0v) is 25.2. The Morgan fingerprint density at radius 3 is 2.51 bits per heavy atom. The number of likely N-dealkylation sites (tertiary alicyclic amines) is 1. The molecule has 3 aromatic rings. The van der Waals surface area contributed by atoms with Crippen molar-refractivity contribution in [1.29, 1.82) is 0 Å². The Morgan fingerprint density at radius 2 is 1.81 bits per heavy atom. The Kier molecular flexibility index (Phi) is 8.99. The molecule has 0 radical (unpaired) electrons. The molecule has 1 fully saturated rings. The van der Waals surface area contributed by atoms with Crippen molar-refractivity contribution in [2.45, 2.75) is 64.7 Å². The number of nitrogens with zero attached hydrogens (tertiary/aromatic N) is 3. The van der Waals surface area contributed by atoms with E-state index in [1.54, 1.807) is 6.92 Å². The summed E-state index contributed by atoms with van der Waals surface area (Å²) in [5, 5.41) is 0. The molecule has 0 bridgehead atoms. The molecule has 2 heterocycles. The van der Waals surface area contributed by atoms with Crippen LogP contribution >= 0.6 is 0 Å². The van der Waals surface area contributed by atoms with Crippen molar-refractivity contribution in [3.8, 4) is 0 Å². The Labute approximate surface area is 251 Å². The molecule has 0 amide bonds. The van der Waals surface area contributed by atoms with Gasteiger partial charge in [-0.2, -0.15) is 13.2 Å². The van der Waals surface area contributed by atoms with Gasteiger partial charge in [-0.1, -0.05) is 30.3 Å². The molecule has 2 aromatic carbocycles. The highest BCUT2D eigenvalue weighted by Crippen LogP contribution is 2.34. The zero-order valence-electron chi connectivity index (χ0n) is 25.2. The van der Waals surface area contributed by atoms with Crippen LogP contribution < -0.4 is 0 Å². The number of hydrogen-bond donors (Lipinski definition) is 0. The van der Waals surface area contributed by atoms with Crippen LogP contribution in [0.4, 0.5) is 13.2 Å². The van der Waals surface area contributed by atoms with E-state index in [4.69, 9.17) is 0 Å². The number of fused-ring (bicyclic) bond motifs is 1. The molecular formula is C35H38F3N3O2. The first-order chi connectivity index (χ1) is 20.4. The van der Waals surface area contributed by atoms with Gasteiger partial charge in [-0.05, 0) is 98.8 Å². The van der Waals surface area contributed by atoms with Crippen LogP contribution in [0.25, 0.3) is 6.08 Å². The normalized spacial score (nSPS) is 16.9. The van der Waals surface area contributed by atoms with Gasteiger partial charge in [-0.15, -0.1) is 0 Å². The number of carbonyl (C=O) groups is 2. The SMILES string of the molecule is CC(=O)C1=Cc2cc(CCc3cc(CC(=O)c4ccc(CN5CC[C@H](N(C)C)C5)c(C(F)(F)F)c4)ccc3C)cnc2C1. The number of rotatable bonds is 10. The zero-order chi connectivity index (χ0) is 30.9. The van der Waals surface area contributed by atoms with Gasteiger partial charge in [0.25, 0.3) is 0 Å². The predicted molar refractivity (Wildman–Crippen MR) is 162 cm³/mol. The highest BCUT2D eigenvalue weighted by Gasteiger charge is 2.35. The number of alkyl halides is 3. The molecule has 5 nitrogen and oxygen atoms in total. The standard InChI is InChI=1S/C35H38F3N3O2/c1-22-5-6-24(13-26(22)8-7-25-14-30-16-29(23(2)42)18-33(30)39-19-25)15-34(43)27-9-10-28(32(17-27)35(36,37)38)20-41-12-11-31(21-41)40(3)4/h5-6,9-10,13-14,16-17,19,31H,7-8,11-12,15,18,20-21H2,1-4H3/t31-/m0/s1. The second-order valence-corrected chi connectivity index (χ2v) is 12.2. The van der Waals surface area contributed by atoms with Crippen LogP contribution in [-0.4, -0.2) is 59.6 Å². The first kappa shape index (κ1) is 30.8. The van der Waals surface area contributed by atoms with Gasteiger partial charge in [-0.3, -0.25) is 19.5 Å². The minimum Gasteiger partial charge on any atom is -0.305 e. The van der Waals surface area contributed by atoms with E-state index in [0.29, 0.717) is 12.5 Å². The lowest BCUT2D eigenvalue weighted by Crippen LogP contribution is -2.31. The van der Waals surface area contributed by atoms with Crippen LogP contribution in [-0.2, 0) is 43.2 Å². The number of hydrogen-bond acceptors (Lipinski definition) is 5. The van der Waals surface area contributed by atoms with Crippen molar-refractivity contribution in [2.24, 2.45) is 0 Å².